The minimum absolute atomic E-state index is 0.848. The van der Waals surface area contributed by atoms with E-state index >= 15 is 0 Å². The Bertz CT molecular complexity index is 469. The Kier molecular flexibility index (Phi) is 3.46. The van der Waals surface area contributed by atoms with E-state index in [0.717, 1.165) is 6.04 Å². The second kappa shape index (κ2) is 5.03. The zero-order valence-corrected chi connectivity index (χ0v) is 11.1. The molecule has 0 aliphatic heterocycles. The average Bonchev–Trinajstić information content (AvgIpc) is 2.41. The van der Waals surface area contributed by atoms with E-state index in [1.807, 2.05) is 0 Å². The molecular formula is C16H16Si. The van der Waals surface area contributed by atoms with Crippen molar-refractivity contribution in [1.29, 1.82) is 0 Å². The van der Waals surface area contributed by atoms with Crippen LogP contribution in [0.2, 0.25) is 12.6 Å². The van der Waals surface area contributed by atoms with Gasteiger partial charge >= 0.3 is 0 Å². The molecule has 0 N–H and O–H groups in total. The summed E-state index contributed by atoms with van der Waals surface area (Å²) in [5, 5.41) is 2.81. The molecule has 17 heavy (non-hydrogen) atoms. The molecule has 0 heterocycles. The molecule has 84 valence electrons. The molecule has 2 aromatic rings. The van der Waals surface area contributed by atoms with Gasteiger partial charge in [0.15, 0.2) is 0 Å². The predicted molar refractivity (Wildman–Crippen MR) is 77.4 cm³/mol. The normalized spacial score (nSPS) is 10.8. The van der Waals surface area contributed by atoms with Crippen LogP contribution < -0.4 is 10.4 Å². The van der Waals surface area contributed by atoms with E-state index in [4.69, 9.17) is 6.42 Å². The maximum atomic E-state index is 5.57. The predicted octanol–water partition coefficient (Wildman–Crippen LogP) is 2.51. The zero-order chi connectivity index (χ0) is 12.1. The molecule has 0 nitrogen and oxygen atoms in total. The SMILES string of the molecule is C#CC[Si](C)(c1ccccc1)c1ccccc1. The first-order valence-electron chi connectivity index (χ1n) is 5.82. The summed E-state index contributed by atoms with van der Waals surface area (Å²) in [5.41, 5.74) is 0. The summed E-state index contributed by atoms with van der Waals surface area (Å²) in [5.74, 6) is 2.87. The second-order valence-electron chi connectivity index (χ2n) is 4.45. The maximum Gasteiger partial charge on any atom is 0.126 e. The Morgan fingerprint density at radius 2 is 1.29 bits per heavy atom. The molecule has 0 spiro atoms. The highest BCUT2D eigenvalue weighted by Gasteiger charge is 2.30. The molecule has 2 aromatic carbocycles. The van der Waals surface area contributed by atoms with Gasteiger partial charge < -0.3 is 0 Å². The molecule has 0 unspecified atom stereocenters. The zero-order valence-electron chi connectivity index (χ0n) is 10.1. The van der Waals surface area contributed by atoms with Gasteiger partial charge in [-0.05, 0) is 0 Å². The fourth-order valence-corrected chi connectivity index (χ4v) is 5.19. The van der Waals surface area contributed by atoms with Crippen molar-refractivity contribution in [2.75, 3.05) is 0 Å². The van der Waals surface area contributed by atoms with Crippen LogP contribution in [0.4, 0.5) is 0 Å². The lowest BCUT2D eigenvalue weighted by atomic mass is 10.4. The van der Waals surface area contributed by atoms with Gasteiger partial charge in [0.25, 0.3) is 0 Å². The number of terminal acetylenes is 1. The van der Waals surface area contributed by atoms with Crippen molar-refractivity contribution >= 4 is 18.4 Å². The van der Waals surface area contributed by atoms with Crippen LogP contribution in [0.3, 0.4) is 0 Å². The quantitative estimate of drug-likeness (QED) is 0.567. The largest absolute Gasteiger partial charge is 0.126 e. The fraction of sp³-hybridized carbons (Fsp3) is 0.125. The summed E-state index contributed by atoms with van der Waals surface area (Å²) in [6.45, 7) is 2.34. The van der Waals surface area contributed by atoms with E-state index in [1.54, 1.807) is 0 Å². The van der Waals surface area contributed by atoms with Crippen LogP contribution >= 0.6 is 0 Å². The Morgan fingerprint density at radius 1 is 0.882 bits per heavy atom. The molecule has 0 aromatic heterocycles. The topological polar surface area (TPSA) is 0 Å². The molecule has 0 saturated heterocycles. The first-order chi connectivity index (χ1) is 8.27. The molecular weight excluding hydrogens is 220 g/mol. The van der Waals surface area contributed by atoms with Gasteiger partial charge in [-0.1, -0.05) is 77.6 Å². The third-order valence-electron chi connectivity index (χ3n) is 3.28. The van der Waals surface area contributed by atoms with Crippen molar-refractivity contribution in [1.82, 2.24) is 0 Å². The first kappa shape index (κ1) is 11.7. The highest BCUT2D eigenvalue weighted by Crippen LogP contribution is 2.10. The molecule has 2 rings (SSSR count). The fourth-order valence-electron chi connectivity index (χ4n) is 2.19. The van der Waals surface area contributed by atoms with Crippen LogP contribution in [0.25, 0.3) is 0 Å². The Hall–Kier alpha value is -1.78. The van der Waals surface area contributed by atoms with Crippen molar-refractivity contribution < 1.29 is 0 Å². The standard InChI is InChI=1S/C16H16Si/c1-3-14-17(2,15-10-6-4-7-11-15)16-12-8-5-9-13-16/h1,4-13H,14H2,2H3. The summed E-state index contributed by atoms with van der Waals surface area (Å²) in [6, 6.07) is 22.2. The van der Waals surface area contributed by atoms with Gasteiger partial charge in [0.1, 0.15) is 8.07 Å². The van der Waals surface area contributed by atoms with E-state index in [0.29, 0.717) is 0 Å². The lowest BCUT2D eigenvalue weighted by Gasteiger charge is -2.26. The van der Waals surface area contributed by atoms with Gasteiger partial charge in [-0.25, -0.2) is 0 Å². The van der Waals surface area contributed by atoms with E-state index < -0.39 is 8.07 Å². The van der Waals surface area contributed by atoms with Crippen molar-refractivity contribution in [3.05, 3.63) is 60.7 Å². The Labute approximate surface area is 104 Å². The first-order valence-corrected chi connectivity index (χ1v) is 8.52. The van der Waals surface area contributed by atoms with Crippen molar-refractivity contribution in [3.8, 4) is 12.3 Å². The van der Waals surface area contributed by atoms with Crippen LogP contribution in [0.1, 0.15) is 0 Å². The van der Waals surface area contributed by atoms with Gasteiger partial charge in [-0.3, -0.25) is 0 Å². The Balaban J connectivity index is 2.52. The van der Waals surface area contributed by atoms with E-state index in [1.165, 1.54) is 10.4 Å². The number of hydrogen-bond acceptors (Lipinski definition) is 0. The minimum Gasteiger partial charge on any atom is -0.120 e. The van der Waals surface area contributed by atoms with Gasteiger partial charge in [0, 0.05) is 6.04 Å². The van der Waals surface area contributed by atoms with Crippen LogP contribution in [0.15, 0.2) is 60.7 Å². The van der Waals surface area contributed by atoms with Crippen molar-refractivity contribution in [2.24, 2.45) is 0 Å². The highest BCUT2D eigenvalue weighted by molar-refractivity contribution is 7.01. The number of benzene rings is 2. The second-order valence-corrected chi connectivity index (χ2v) is 8.62. The van der Waals surface area contributed by atoms with Crippen molar-refractivity contribution in [3.63, 3.8) is 0 Å². The van der Waals surface area contributed by atoms with Gasteiger partial charge in [0.2, 0.25) is 0 Å². The summed E-state index contributed by atoms with van der Waals surface area (Å²) < 4.78 is 0. The minimum atomic E-state index is -1.74. The smallest absolute Gasteiger partial charge is 0.120 e. The molecule has 0 amide bonds. The van der Waals surface area contributed by atoms with E-state index in [9.17, 15) is 0 Å². The van der Waals surface area contributed by atoms with Crippen LogP contribution in [0.5, 0.6) is 0 Å². The van der Waals surface area contributed by atoms with Crippen LogP contribution in [0, 0.1) is 12.3 Å². The number of rotatable bonds is 3. The molecule has 0 aliphatic carbocycles. The lowest BCUT2D eigenvalue weighted by Crippen LogP contribution is -2.55. The van der Waals surface area contributed by atoms with Crippen molar-refractivity contribution in [2.45, 2.75) is 12.6 Å². The summed E-state index contributed by atoms with van der Waals surface area (Å²) >= 11 is 0. The third-order valence-corrected chi connectivity index (χ3v) is 7.40. The van der Waals surface area contributed by atoms with Gasteiger partial charge in [-0.15, -0.1) is 12.3 Å². The van der Waals surface area contributed by atoms with Gasteiger partial charge in [-0.2, -0.15) is 0 Å². The number of hydrogen-bond donors (Lipinski definition) is 0. The third kappa shape index (κ3) is 2.32. The summed E-state index contributed by atoms with van der Waals surface area (Å²) in [4.78, 5) is 0. The monoisotopic (exact) mass is 236 g/mol. The van der Waals surface area contributed by atoms with Crippen LogP contribution in [-0.2, 0) is 0 Å². The highest BCUT2D eigenvalue weighted by atomic mass is 28.3. The van der Waals surface area contributed by atoms with E-state index in [-0.39, 0.29) is 0 Å². The molecule has 0 atom stereocenters. The molecule has 0 saturated carbocycles. The van der Waals surface area contributed by atoms with Crippen LogP contribution in [-0.4, -0.2) is 8.07 Å². The average molecular weight is 236 g/mol. The lowest BCUT2D eigenvalue weighted by molar-refractivity contribution is 1.60. The van der Waals surface area contributed by atoms with Gasteiger partial charge in [0.05, 0.1) is 0 Å². The summed E-state index contributed by atoms with van der Waals surface area (Å²) in [7, 11) is -1.74. The van der Waals surface area contributed by atoms with E-state index in [2.05, 4.69) is 73.1 Å². The molecule has 0 fully saturated rings. The molecule has 0 aliphatic rings. The molecule has 1 heteroatoms. The molecule has 0 bridgehead atoms. The Morgan fingerprint density at radius 3 is 1.65 bits per heavy atom. The molecule has 0 radical (unpaired) electrons. The summed E-state index contributed by atoms with van der Waals surface area (Å²) in [6.07, 6.45) is 5.57. The maximum absolute atomic E-state index is 5.57.